The Morgan fingerprint density at radius 2 is 1.74 bits per heavy atom. The SMILES string of the molecule is CCOC(CNS(=O)(=O)CCNC(=O)c1ccccc1)OCC. The molecule has 0 aromatic heterocycles. The molecule has 130 valence electrons. The Labute approximate surface area is 137 Å². The topological polar surface area (TPSA) is 93.7 Å². The van der Waals surface area contributed by atoms with Gasteiger partial charge in [0, 0.05) is 25.3 Å². The molecule has 0 spiro atoms. The third-order valence-electron chi connectivity index (χ3n) is 2.87. The average Bonchev–Trinajstić information content (AvgIpc) is 2.54. The lowest BCUT2D eigenvalue weighted by Gasteiger charge is -2.17. The number of carbonyl (C=O) groups is 1. The van der Waals surface area contributed by atoms with Gasteiger partial charge in [-0.2, -0.15) is 0 Å². The number of benzene rings is 1. The van der Waals surface area contributed by atoms with Gasteiger partial charge in [0.2, 0.25) is 10.0 Å². The van der Waals surface area contributed by atoms with Crippen molar-refractivity contribution >= 4 is 15.9 Å². The van der Waals surface area contributed by atoms with E-state index in [-0.39, 0.29) is 24.7 Å². The quantitative estimate of drug-likeness (QED) is 0.577. The molecule has 0 saturated carbocycles. The summed E-state index contributed by atoms with van der Waals surface area (Å²) in [7, 11) is -3.52. The summed E-state index contributed by atoms with van der Waals surface area (Å²) < 4.78 is 36.7. The van der Waals surface area contributed by atoms with Gasteiger partial charge in [-0.15, -0.1) is 0 Å². The van der Waals surface area contributed by atoms with Gasteiger partial charge in [-0.1, -0.05) is 18.2 Å². The number of hydrogen-bond donors (Lipinski definition) is 2. The highest BCUT2D eigenvalue weighted by Gasteiger charge is 2.15. The van der Waals surface area contributed by atoms with E-state index < -0.39 is 16.3 Å². The fourth-order valence-electron chi connectivity index (χ4n) is 1.80. The summed E-state index contributed by atoms with van der Waals surface area (Å²) >= 11 is 0. The first-order valence-electron chi connectivity index (χ1n) is 7.52. The van der Waals surface area contributed by atoms with E-state index in [1.54, 1.807) is 44.2 Å². The molecule has 23 heavy (non-hydrogen) atoms. The fraction of sp³-hybridized carbons (Fsp3) is 0.533. The van der Waals surface area contributed by atoms with Crippen LogP contribution in [0.15, 0.2) is 30.3 Å². The maximum absolute atomic E-state index is 11.9. The van der Waals surface area contributed by atoms with Crippen LogP contribution in [0.4, 0.5) is 0 Å². The smallest absolute Gasteiger partial charge is 0.251 e. The van der Waals surface area contributed by atoms with Crippen LogP contribution in [0.25, 0.3) is 0 Å². The Hall–Kier alpha value is -1.48. The van der Waals surface area contributed by atoms with Crippen LogP contribution in [0.2, 0.25) is 0 Å². The van der Waals surface area contributed by atoms with Crippen LogP contribution >= 0.6 is 0 Å². The van der Waals surface area contributed by atoms with Crippen molar-refractivity contribution in [2.24, 2.45) is 0 Å². The fourth-order valence-corrected chi connectivity index (χ4v) is 2.70. The molecule has 0 atom stereocenters. The molecule has 0 aliphatic carbocycles. The van der Waals surface area contributed by atoms with Gasteiger partial charge < -0.3 is 14.8 Å². The number of hydrogen-bond acceptors (Lipinski definition) is 5. The highest BCUT2D eigenvalue weighted by atomic mass is 32.2. The second-order valence-corrected chi connectivity index (χ2v) is 6.56. The van der Waals surface area contributed by atoms with E-state index in [4.69, 9.17) is 9.47 Å². The second-order valence-electron chi connectivity index (χ2n) is 4.63. The van der Waals surface area contributed by atoms with Crippen LogP contribution in [-0.2, 0) is 19.5 Å². The van der Waals surface area contributed by atoms with Gasteiger partial charge in [-0.05, 0) is 26.0 Å². The van der Waals surface area contributed by atoms with Crippen LogP contribution in [0.3, 0.4) is 0 Å². The molecule has 1 aromatic carbocycles. The second kappa shape index (κ2) is 10.3. The van der Waals surface area contributed by atoms with E-state index >= 15 is 0 Å². The maximum Gasteiger partial charge on any atom is 0.251 e. The lowest BCUT2D eigenvalue weighted by atomic mass is 10.2. The molecule has 0 aliphatic heterocycles. The molecular formula is C15H24N2O5S. The Bertz CT molecular complexity index is 556. The van der Waals surface area contributed by atoms with E-state index in [0.717, 1.165) is 0 Å². The minimum absolute atomic E-state index is 0.0248. The van der Waals surface area contributed by atoms with Crippen LogP contribution < -0.4 is 10.0 Å². The molecule has 0 heterocycles. The number of ether oxygens (including phenoxy) is 2. The van der Waals surface area contributed by atoms with E-state index in [2.05, 4.69) is 10.0 Å². The van der Waals surface area contributed by atoms with Crippen LogP contribution in [-0.4, -0.2) is 52.7 Å². The molecule has 0 aliphatic rings. The Morgan fingerprint density at radius 3 is 2.30 bits per heavy atom. The molecule has 7 nitrogen and oxygen atoms in total. The first-order chi connectivity index (χ1) is 11.0. The number of amides is 1. The normalized spacial score (nSPS) is 11.6. The van der Waals surface area contributed by atoms with Crippen LogP contribution in [0.5, 0.6) is 0 Å². The van der Waals surface area contributed by atoms with E-state index in [1.807, 2.05) is 0 Å². The average molecular weight is 344 g/mol. The zero-order valence-electron chi connectivity index (χ0n) is 13.4. The Balaban J connectivity index is 2.36. The maximum atomic E-state index is 11.9. The molecule has 1 rings (SSSR count). The predicted octanol–water partition coefficient (Wildman–Crippen LogP) is 0.735. The predicted molar refractivity (Wildman–Crippen MR) is 87.6 cm³/mol. The van der Waals surface area contributed by atoms with Crippen molar-refractivity contribution < 1.29 is 22.7 Å². The summed E-state index contributed by atoms with van der Waals surface area (Å²) in [5.74, 6) is -0.515. The monoisotopic (exact) mass is 344 g/mol. The summed E-state index contributed by atoms with van der Waals surface area (Å²) in [5, 5.41) is 2.57. The number of sulfonamides is 1. The highest BCUT2D eigenvalue weighted by Crippen LogP contribution is 1.98. The standard InChI is InChI=1S/C15H24N2O5S/c1-3-21-14(22-4-2)12-17-23(19,20)11-10-16-15(18)13-8-6-5-7-9-13/h5-9,14,17H,3-4,10-12H2,1-2H3,(H,16,18). The first-order valence-corrected chi connectivity index (χ1v) is 9.17. The van der Waals surface area contributed by atoms with E-state index in [1.165, 1.54) is 0 Å². The van der Waals surface area contributed by atoms with Gasteiger partial charge in [0.25, 0.3) is 5.91 Å². The van der Waals surface area contributed by atoms with Crippen molar-refractivity contribution in [3.63, 3.8) is 0 Å². The van der Waals surface area contributed by atoms with Gasteiger partial charge in [0.1, 0.15) is 0 Å². The minimum Gasteiger partial charge on any atom is -0.352 e. The molecule has 0 bridgehead atoms. The molecule has 8 heteroatoms. The molecule has 2 N–H and O–H groups in total. The third-order valence-corrected chi connectivity index (χ3v) is 4.22. The summed E-state index contributed by atoms with van der Waals surface area (Å²) in [5.41, 5.74) is 0.491. The van der Waals surface area contributed by atoms with Crippen molar-refractivity contribution in [3.05, 3.63) is 35.9 Å². The molecular weight excluding hydrogens is 320 g/mol. The Morgan fingerprint density at radius 1 is 1.13 bits per heavy atom. The highest BCUT2D eigenvalue weighted by molar-refractivity contribution is 7.89. The third kappa shape index (κ3) is 8.08. The molecule has 1 amide bonds. The largest absolute Gasteiger partial charge is 0.352 e. The summed E-state index contributed by atoms with van der Waals surface area (Å²) in [6.07, 6.45) is -0.612. The van der Waals surface area contributed by atoms with Crippen molar-refractivity contribution in [2.45, 2.75) is 20.1 Å². The molecule has 0 fully saturated rings. The summed E-state index contributed by atoms with van der Waals surface area (Å²) in [6.45, 7) is 4.53. The van der Waals surface area contributed by atoms with E-state index in [0.29, 0.717) is 18.8 Å². The van der Waals surface area contributed by atoms with Gasteiger partial charge in [0.15, 0.2) is 6.29 Å². The Kier molecular flexibility index (Phi) is 8.78. The van der Waals surface area contributed by atoms with Crippen molar-refractivity contribution in [3.8, 4) is 0 Å². The zero-order valence-corrected chi connectivity index (χ0v) is 14.3. The zero-order chi connectivity index (χ0) is 17.1. The van der Waals surface area contributed by atoms with Crippen molar-refractivity contribution in [1.82, 2.24) is 10.0 Å². The van der Waals surface area contributed by atoms with Gasteiger partial charge in [-0.3, -0.25) is 4.79 Å². The number of nitrogens with one attached hydrogen (secondary N) is 2. The molecule has 0 unspecified atom stereocenters. The van der Waals surface area contributed by atoms with Crippen molar-refractivity contribution in [2.75, 3.05) is 32.1 Å². The lowest BCUT2D eigenvalue weighted by Crippen LogP contribution is -2.39. The molecule has 0 saturated heterocycles. The van der Waals surface area contributed by atoms with Crippen LogP contribution in [0.1, 0.15) is 24.2 Å². The van der Waals surface area contributed by atoms with Gasteiger partial charge >= 0.3 is 0 Å². The van der Waals surface area contributed by atoms with Crippen molar-refractivity contribution in [1.29, 1.82) is 0 Å². The molecule has 0 radical (unpaired) electrons. The minimum atomic E-state index is -3.52. The van der Waals surface area contributed by atoms with E-state index in [9.17, 15) is 13.2 Å². The lowest BCUT2D eigenvalue weighted by molar-refractivity contribution is -0.130. The van der Waals surface area contributed by atoms with Crippen LogP contribution in [0, 0.1) is 0 Å². The summed E-state index contributed by atoms with van der Waals surface area (Å²) in [4.78, 5) is 11.8. The van der Waals surface area contributed by atoms with Gasteiger partial charge in [0.05, 0.1) is 12.3 Å². The number of carbonyl (C=O) groups excluding carboxylic acids is 1. The first kappa shape index (κ1) is 19.6. The van der Waals surface area contributed by atoms with Gasteiger partial charge in [-0.25, -0.2) is 13.1 Å². The number of rotatable bonds is 11. The summed E-state index contributed by atoms with van der Waals surface area (Å²) in [6, 6.07) is 8.62. The molecule has 1 aromatic rings.